The SMILES string of the molecule is CCNC(=O)C(C)(C)CN=C(NCC)NC(C)c1ccccc1C.I. The number of benzene rings is 1. The first kappa shape index (κ1) is 23.7. The molecule has 142 valence electrons. The zero-order valence-corrected chi connectivity index (χ0v) is 18.6. The predicted octanol–water partition coefficient (Wildman–Crippen LogP) is 3.39. The van der Waals surface area contributed by atoms with Crippen LogP contribution in [0.2, 0.25) is 0 Å². The number of nitrogens with zero attached hydrogens (tertiary/aromatic N) is 1. The third kappa shape index (κ3) is 7.63. The van der Waals surface area contributed by atoms with Crippen molar-refractivity contribution in [3.8, 4) is 0 Å². The van der Waals surface area contributed by atoms with Crippen LogP contribution in [0.3, 0.4) is 0 Å². The number of aliphatic imine (C=N–C) groups is 1. The van der Waals surface area contributed by atoms with Crippen LogP contribution in [0.4, 0.5) is 0 Å². The molecular weight excluding hydrogens is 427 g/mol. The highest BCUT2D eigenvalue weighted by molar-refractivity contribution is 14.0. The Kier molecular flexibility index (Phi) is 10.7. The van der Waals surface area contributed by atoms with Gasteiger partial charge in [-0.05, 0) is 52.7 Å². The van der Waals surface area contributed by atoms with Crippen LogP contribution in [-0.2, 0) is 4.79 Å². The highest BCUT2D eigenvalue weighted by atomic mass is 127. The summed E-state index contributed by atoms with van der Waals surface area (Å²) in [5.74, 6) is 0.752. The minimum absolute atomic E-state index is 0. The van der Waals surface area contributed by atoms with Crippen LogP contribution in [0, 0.1) is 12.3 Å². The summed E-state index contributed by atoms with van der Waals surface area (Å²) in [4.78, 5) is 16.7. The Balaban J connectivity index is 0.00000576. The van der Waals surface area contributed by atoms with E-state index < -0.39 is 5.41 Å². The smallest absolute Gasteiger partial charge is 0.227 e. The number of hydrogen-bond acceptors (Lipinski definition) is 2. The van der Waals surface area contributed by atoms with Gasteiger partial charge >= 0.3 is 0 Å². The van der Waals surface area contributed by atoms with E-state index in [4.69, 9.17) is 0 Å². The maximum Gasteiger partial charge on any atom is 0.227 e. The Morgan fingerprint density at radius 3 is 2.32 bits per heavy atom. The zero-order chi connectivity index (χ0) is 18.2. The molecule has 0 aliphatic carbocycles. The molecule has 1 aromatic carbocycles. The quantitative estimate of drug-likeness (QED) is 0.332. The number of nitrogens with one attached hydrogen (secondary N) is 3. The molecule has 0 spiro atoms. The van der Waals surface area contributed by atoms with Crippen molar-refractivity contribution in [1.29, 1.82) is 0 Å². The van der Waals surface area contributed by atoms with E-state index in [1.807, 2.05) is 39.8 Å². The molecule has 0 aliphatic heterocycles. The Labute approximate surface area is 169 Å². The molecule has 0 radical (unpaired) electrons. The summed E-state index contributed by atoms with van der Waals surface area (Å²) in [6, 6.07) is 8.45. The molecule has 0 aliphatic rings. The lowest BCUT2D eigenvalue weighted by atomic mass is 9.92. The molecular formula is C19H33IN4O. The summed E-state index contributed by atoms with van der Waals surface area (Å²) < 4.78 is 0. The van der Waals surface area contributed by atoms with Gasteiger partial charge in [-0.3, -0.25) is 9.79 Å². The van der Waals surface area contributed by atoms with Gasteiger partial charge in [-0.15, -0.1) is 24.0 Å². The number of hydrogen-bond donors (Lipinski definition) is 3. The maximum atomic E-state index is 12.1. The second-order valence-corrected chi connectivity index (χ2v) is 6.66. The lowest BCUT2D eigenvalue weighted by molar-refractivity contribution is -0.128. The molecule has 0 heterocycles. The van der Waals surface area contributed by atoms with Crippen molar-refractivity contribution in [1.82, 2.24) is 16.0 Å². The monoisotopic (exact) mass is 460 g/mol. The van der Waals surface area contributed by atoms with Crippen molar-refractivity contribution in [2.75, 3.05) is 19.6 Å². The fraction of sp³-hybridized carbons (Fsp3) is 0.579. The van der Waals surface area contributed by atoms with Crippen molar-refractivity contribution in [2.24, 2.45) is 10.4 Å². The molecule has 0 aromatic heterocycles. The van der Waals surface area contributed by atoms with Crippen LogP contribution < -0.4 is 16.0 Å². The molecule has 1 unspecified atom stereocenters. The van der Waals surface area contributed by atoms with Crippen molar-refractivity contribution >= 4 is 35.8 Å². The van der Waals surface area contributed by atoms with E-state index in [1.54, 1.807) is 0 Å². The summed E-state index contributed by atoms with van der Waals surface area (Å²) in [5.41, 5.74) is 1.95. The molecule has 0 bridgehead atoms. The summed E-state index contributed by atoms with van der Waals surface area (Å²) >= 11 is 0. The van der Waals surface area contributed by atoms with Crippen molar-refractivity contribution in [3.63, 3.8) is 0 Å². The van der Waals surface area contributed by atoms with Crippen LogP contribution in [0.1, 0.15) is 51.8 Å². The second kappa shape index (κ2) is 11.3. The minimum atomic E-state index is -0.537. The van der Waals surface area contributed by atoms with Gasteiger partial charge in [-0.1, -0.05) is 24.3 Å². The Bertz CT molecular complexity index is 572. The van der Waals surface area contributed by atoms with E-state index in [1.165, 1.54) is 11.1 Å². The molecule has 0 saturated heterocycles. The van der Waals surface area contributed by atoms with Gasteiger partial charge in [-0.2, -0.15) is 0 Å². The highest BCUT2D eigenvalue weighted by Gasteiger charge is 2.27. The summed E-state index contributed by atoms with van der Waals surface area (Å²) in [7, 11) is 0. The average molecular weight is 460 g/mol. The first-order chi connectivity index (χ1) is 11.3. The average Bonchev–Trinajstić information content (AvgIpc) is 2.53. The molecule has 1 atom stereocenters. The van der Waals surface area contributed by atoms with E-state index in [-0.39, 0.29) is 35.9 Å². The normalized spacial score (nSPS) is 12.8. The number of rotatable bonds is 7. The lowest BCUT2D eigenvalue weighted by Gasteiger charge is -2.23. The summed E-state index contributed by atoms with van der Waals surface area (Å²) in [6.45, 7) is 13.8. The van der Waals surface area contributed by atoms with Crippen LogP contribution >= 0.6 is 24.0 Å². The van der Waals surface area contributed by atoms with Gasteiger partial charge in [-0.25, -0.2) is 0 Å². The van der Waals surface area contributed by atoms with Crippen molar-refractivity contribution < 1.29 is 4.79 Å². The first-order valence-corrected chi connectivity index (χ1v) is 8.70. The Morgan fingerprint density at radius 1 is 1.16 bits per heavy atom. The number of carbonyl (C=O) groups is 1. The number of aryl methyl sites for hydroxylation is 1. The predicted molar refractivity (Wildman–Crippen MR) is 117 cm³/mol. The number of carbonyl (C=O) groups excluding carboxylic acids is 1. The van der Waals surface area contributed by atoms with Crippen molar-refractivity contribution in [3.05, 3.63) is 35.4 Å². The molecule has 1 amide bonds. The van der Waals surface area contributed by atoms with Gasteiger partial charge in [0.25, 0.3) is 0 Å². The van der Waals surface area contributed by atoms with E-state index >= 15 is 0 Å². The summed E-state index contributed by atoms with van der Waals surface area (Å²) in [5, 5.41) is 9.55. The Hall–Kier alpha value is -1.31. The van der Waals surface area contributed by atoms with Gasteiger partial charge in [0, 0.05) is 13.1 Å². The Morgan fingerprint density at radius 2 is 1.76 bits per heavy atom. The first-order valence-electron chi connectivity index (χ1n) is 8.70. The number of amides is 1. The lowest BCUT2D eigenvalue weighted by Crippen LogP contribution is -2.42. The van der Waals surface area contributed by atoms with Crippen molar-refractivity contribution in [2.45, 2.75) is 47.6 Å². The van der Waals surface area contributed by atoms with Crippen LogP contribution in [0.15, 0.2) is 29.3 Å². The van der Waals surface area contributed by atoms with Gasteiger partial charge in [0.1, 0.15) is 0 Å². The fourth-order valence-corrected chi connectivity index (χ4v) is 2.42. The molecule has 0 fully saturated rings. The third-order valence-corrected chi connectivity index (χ3v) is 3.94. The molecule has 25 heavy (non-hydrogen) atoms. The molecule has 0 saturated carbocycles. The topological polar surface area (TPSA) is 65.5 Å². The fourth-order valence-electron chi connectivity index (χ4n) is 2.42. The minimum Gasteiger partial charge on any atom is -0.357 e. The molecule has 1 rings (SSSR count). The summed E-state index contributed by atoms with van der Waals surface area (Å²) in [6.07, 6.45) is 0. The van der Waals surface area contributed by atoms with E-state index in [2.05, 4.69) is 46.9 Å². The van der Waals surface area contributed by atoms with Gasteiger partial charge in [0.2, 0.25) is 5.91 Å². The van der Waals surface area contributed by atoms with Gasteiger partial charge in [0.15, 0.2) is 5.96 Å². The number of guanidine groups is 1. The number of halogens is 1. The third-order valence-electron chi connectivity index (χ3n) is 3.94. The molecule has 3 N–H and O–H groups in total. The maximum absolute atomic E-state index is 12.1. The second-order valence-electron chi connectivity index (χ2n) is 6.66. The van der Waals surface area contributed by atoms with Gasteiger partial charge < -0.3 is 16.0 Å². The van der Waals surface area contributed by atoms with Crippen LogP contribution in [0.5, 0.6) is 0 Å². The molecule has 6 heteroatoms. The van der Waals surface area contributed by atoms with Crippen LogP contribution in [-0.4, -0.2) is 31.5 Å². The highest BCUT2D eigenvalue weighted by Crippen LogP contribution is 2.18. The molecule has 5 nitrogen and oxygen atoms in total. The van der Waals surface area contributed by atoms with Gasteiger partial charge in [0.05, 0.1) is 18.0 Å². The molecule has 1 aromatic rings. The van der Waals surface area contributed by atoms with E-state index in [9.17, 15) is 4.79 Å². The standard InChI is InChI=1S/C19H32N4O.HI/c1-7-20-17(24)19(5,6)13-22-18(21-8-2)23-15(4)16-12-10-9-11-14(16)3;/h9-12,15H,7-8,13H2,1-6H3,(H,20,24)(H2,21,22,23);1H. The largest absolute Gasteiger partial charge is 0.357 e. The zero-order valence-electron chi connectivity index (χ0n) is 16.3. The van der Waals surface area contributed by atoms with Crippen LogP contribution in [0.25, 0.3) is 0 Å². The van der Waals surface area contributed by atoms with E-state index in [0.717, 1.165) is 12.5 Å². The van der Waals surface area contributed by atoms with E-state index in [0.29, 0.717) is 13.1 Å².